The van der Waals surface area contributed by atoms with Crippen LogP contribution in [0.25, 0.3) is 0 Å². The third-order valence-electron chi connectivity index (χ3n) is 3.46. The Hall–Kier alpha value is -1.16. The Labute approximate surface area is 113 Å². The fourth-order valence-electron chi connectivity index (χ4n) is 2.20. The molecule has 98 valence electrons. The molecule has 1 aromatic carbocycles. The highest BCUT2D eigenvalue weighted by Crippen LogP contribution is 2.26. The summed E-state index contributed by atoms with van der Waals surface area (Å²) in [6.07, 6.45) is 2.96. The molecular formula is C14H20N2OS. The van der Waals surface area contributed by atoms with Gasteiger partial charge in [-0.3, -0.25) is 4.79 Å². The van der Waals surface area contributed by atoms with Crippen LogP contribution in [0.2, 0.25) is 0 Å². The molecule has 1 aliphatic rings. The van der Waals surface area contributed by atoms with Gasteiger partial charge in [0.25, 0.3) is 0 Å². The number of hydrogen-bond acceptors (Lipinski definition) is 3. The number of carbonyl (C=O) groups excluding carboxylic acids is 1. The van der Waals surface area contributed by atoms with E-state index in [-0.39, 0.29) is 5.91 Å². The van der Waals surface area contributed by atoms with E-state index in [1.54, 1.807) is 0 Å². The Morgan fingerprint density at radius 1 is 1.44 bits per heavy atom. The zero-order valence-corrected chi connectivity index (χ0v) is 11.6. The maximum Gasteiger partial charge on any atom is 0.224 e. The monoisotopic (exact) mass is 264 g/mol. The lowest BCUT2D eigenvalue weighted by Crippen LogP contribution is -2.20. The van der Waals surface area contributed by atoms with Gasteiger partial charge in [-0.05, 0) is 54.9 Å². The van der Waals surface area contributed by atoms with Gasteiger partial charge in [0.15, 0.2) is 0 Å². The fraction of sp³-hybridized carbons (Fsp3) is 0.500. The zero-order chi connectivity index (χ0) is 13.0. The number of anilines is 2. The van der Waals surface area contributed by atoms with Crippen LogP contribution in [0.3, 0.4) is 0 Å². The molecular weight excluding hydrogens is 244 g/mol. The second kappa shape index (κ2) is 6.14. The minimum absolute atomic E-state index is 0.112. The van der Waals surface area contributed by atoms with E-state index in [1.165, 1.54) is 11.5 Å². The van der Waals surface area contributed by atoms with E-state index < -0.39 is 0 Å². The van der Waals surface area contributed by atoms with Gasteiger partial charge >= 0.3 is 0 Å². The Morgan fingerprint density at radius 2 is 2.17 bits per heavy atom. The molecule has 18 heavy (non-hydrogen) atoms. The molecule has 0 atom stereocenters. The number of nitrogens with one attached hydrogen (secondary N) is 1. The molecule has 0 saturated carbocycles. The van der Waals surface area contributed by atoms with E-state index in [0.717, 1.165) is 29.8 Å². The summed E-state index contributed by atoms with van der Waals surface area (Å²) in [7, 11) is 0. The molecule has 1 heterocycles. The molecule has 0 bridgehead atoms. The lowest BCUT2D eigenvalue weighted by molar-refractivity contribution is -0.117. The van der Waals surface area contributed by atoms with Crippen molar-refractivity contribution in [1.82, 2.24) is 0 Å². The van der Waals surface area contributed by atoms with E-state index in [4.69, 9.17) is 5.73 Å². The molecule has 0 radical (unpaired) electrons. The van der Waals surface area contributed by atoms with Crippen molar-refractivity contribution in [3.63, 3.8) is 0 Å². The first-order valence-electron chi connectivity index (χ1n) is 6.39. The van der Waals surface area contributed by atoms with Crippen molar-refractivity contribution >= 4 is 29.0 Å². The predicted molar refractivity (Wildman–Crippen MR) is 78.9 cm³/mol. The highest BCUT2D eigenvalue weighted by molar-refractivity contribution is 7.99. The van der Waals surface area contributed by atoms with Crippen molar-refractivity contribution in [2.24, 2.45) is 5.92 Å². The van der Waals surface area contributed by atoms with Crippen LogP contribution in [-0.4, -0.2) is 17.4 Å². The van der Waals surface area contributed by atoms with E-state index in [1.807, 2.05) is 36.9 Å². The smallest absolute Gasteiger partial charge is 0.224 e. The number of carbonyl (C=O) groups is 1. The van der Waals surface area contributed by atoms with Gasteiger partial charge < -0.3 is 11.1 Å². The topological polar surface area (TPSA) is 55.1 Å². The molecule has 0 aromatic heterocycles. The highest BCUT2D eigenvalue weighted by atomic mass is 32.2. The lowest BCUT2D eigenvalue weighted by atomic mass is 9.98. The second-order valence-electron chi connectivity index (χ2n) is 4.83. The number of amides is 1. The normalized spacial score (nSPS) is 16.5. The highest BCUT2D eigenvalue weighted by Gasteiger charge is 2.17. The number of thioether (sulfide) groups is 1. The predicted octanol–water partition coefficient (Wildman–Crippen LogP) is 3.05. The van der Waals surface area contributed by atoms with E-state index in [0.29, 0.717) is 12.3 Å². The Bertz CT molecular complexity index is 428. The molecule has 3 nitrogen and oxygen atoms in total. The van der Waals surface area contributed by atoms with E-state index >= 15 is 0 Å². The van der Waals surface area contributed by atoms with Crippen LogP contribution in [0, 0.1) is 12.8 Å². The molecule has 1 amide bonds. The average molecular weight is 264 g/mol. The first-order chi connectivity index (χ1) is 8.66. The minimum atomic E-state index is 0.112. The molecule has 1 aromatic rings. The van der Waals surface area contributed by atoms with Gasteiger partial charge in [0.2, 0.25) is 5.91 Å². The Balaban J connectivity index is 1.92. The average Bonchev–Trinajstić information content (AvgIpc) is 2.36. The summed E-state index contributed by atoms with van der Waals surface area (Å²) in [5.74, 6) is 3.04. The molecule has 3 N–H and O–H groups in total. The van der Waals surface area contributed by atoms with Gasteiger partial charge in [0.1, 0.15) is 0 Å². The third-order valence-corrected chi connectivity index (χ3v) is 4.51. The number of hydrogen-bond donors (Lipinski definition) is 2. The van der Waals surface area contributed by atoms with Crippen LogP contribution in [0.4, 0.5) is 11.4 Å². The Morgan fingerprint density at radius 3 is 2.89 bits per heavy atom. The summed E-state index contributed by atoms with van der Waals surface area (Å²) < 4.78 is 0. The van der Waals surface area contributed by atoms with E-state index in [2.05, 4.69) is 5.32 Å². The van der Waals surface area contributed by atoms with Crippen molar-refractivity contribution < 1.29 is 4.79 Å². The van der Waals surface area contributed by atoms with Crippen LogP contribution in [0.5, 0.6) is 0 Å². The standard InChI is InChI=1S/C14H20N2OS/c1-10-12(15)3-2-4-13(10)16-14(17)9-11-5-7-18-8-6-11/h2-4,11H,5-9,15H2,1H3,(H,16,17). The van der Waals surface area contributed by atoms with Crippen molar-refractivity contribution in [2.45, 2.75) is 26.2 Å². The van der Waals surface area contributed by atoms with Crippen molar-refractivity contribution in [3.8, 4) is 0 Å². The molecule has 1 fully saturated rings. The molecule has 0 aliphatic carbocycles. The number of rotatable bonds is 3. The number of benzene rings is 1. The third kappa shape index (κ3) is 3.42. The Kier molecular flexibility index (Phi) is 4.53. The summed E-state index contributed by atoms with van der Waals surface area (Å²) in [5, 5.41) is 2.97. The molecule has 0 spiro atoms. The summed E-state index contributed by atoms with van der Waals surface area (Å²) in [5.41, 5.74) is 8.34. The van der Waals surface area contributed by atoms with Gasteiger partial charge in [-0.2, -0.15) is 11.8 Å². The van der Waals surface area contributed by atoms with Gasteiger partial charge in [-0.25, -0.2) is 0 Å². The van der Waals surface area contributed by atoms with Gasteiger partial charge in [-0.15, -0.1) is 0 Å². The van der Waals surface area contributed by atoms with Crippen LogP contribution < -0.4 is 11.1 Å². The number of nitrogen functional groups attached to an aromatic ring is 1. The van der Waals surface area contributed by atoms with Crippen LogP contribution >= 0.6 is 11.8 Å². The second-order valence-corrected chi connectivity index (χ2v) is 6.05. The summed E-state index contributed by atoms with van der Waals surface area (Å²) in [4.78, 5) is 12.0. The summed E-state index contributed by atoms with van der Waals surface area (Å²) in [6.45, 7) is 1.93. The van der Waals surface area contributed by atoms with E-state index in [9.17, 15) is 4.79 Å². The molecule has 1 saturated heterocycles. The molecule has 1 aliphatic heterocycles. The number of nitrogens with two attached hydrogens (primary N) is 1. The molecule has 0 unspecified atom stereocenters. The van der Waals surface area contributed by atoms with Crippen molar-refractivity contribution in [3.05, 3.63) is 23.8 Å². The zero-order valence-electron chi connectivity index (χ0n) is 10.7. The van der Waals surface area contributed by atoms with Gasteiger partial charge in [0, 0.05) is 17.8 Å². The lowest BCUT2D eigenvalue weighted by Gasteiger charge is -2.21. The quantitative estimate of drug-likeness (QED) is 0.825. The van der Waals surface area contributed by atoms with Crippen LogP contribution in [-0.2, 0) is 4.79 Å². The summed E-state index contributed by atoms with van der Waals surface area (Å²) >= 11 is 1.99. The first-order valence-corrected chi connectivity index (χ1v) is 7.55. The van der Waals surface area contributed by atoms with Crippen molar-refractivity contribution in [1.29, 1.82) is 0 Å². The van der Waals surface area contributed by atoms with Crippen molar-refractivity contribution in [2.75, 3.05) is 22.6 Å². The fourth-order valence-corrected chi connectivity index (χ4v) is 3.41. The largest absolute Gasteiger partial charge is 0.398 e. The molecule has 2 rings (SSSR count). The maximum atomic E-state index is 12.0. The van der Waals surface area contributed by atoms with Crippen LogP contribution in [0.1, 0.15) is 24.8 Å². The SMILES string of the molecule is Cc1c(N)cccc1NC(=O)CC1CCSCC1. The van der Waals surface area contributed by atoms with Crippen LogP contribution in [0.15, 0.2) is 18.2 Å². The minimum Gasteiger partial charge on any atom is -0.398 e. The summed E-state index contributed by atoms with van der Waals surface area (Å²) in [6, 6.07) is 5.62. The molecule has 4 heteroatoms. The van der Waals surface area contributed by atoms with Gasteiger partial charge in [0.05, 0.1) is 0 Å². The maximum absolute atomic E-state index is 12.0. The van der Waals surface area contributed by atoms with Gasteiger partial charge in [-0.1, -0.05) is 6.07 Å². The first kappa shape index (κ1) is 13.3.